The lowest BCUT2D eigenvalue weighted by molar-refractivity contribution is 1.62. The largest absolute Gasteiger partial charge is 0.135 e. The highest BCUT2D eigenvalue weighted by molar-refractivity contribution is 7.80. The number of hydrogen-bond acceptors (Lipinski definition) is 1. The van der Waals surface area contributed by atoms with E-state index in [1.807, 2.05) is 11.3 Å². The second-order valence-corrected chi connectivity index (χ2v) is 21.5. The minimum Gasteiger partial charge on any atom is -0.135 e. The minimum absolute atomic E-state index is 1.06. The molecule has 0 spiro atoms. The normalized spacial score (nSPS) is 12.2. The van der Waals surface area contributed by atoms with Crippen LogP contribution in [0.4, 0.5) is 0 Å². The summed E-state index contributed by atoms with van der Waals surface area (Å²) in [5, 5.41) is 22.5. The third-order valence-corrected chi connectivity index (χ3v) is 18.3. The van der Waals surface area contributed by atoms with Gasteiger partial charge in [-0.1, -0.05) is 206 Å². The van der Waals surface area contributed by atoms with E-state index in [2.05, 4.69) is 237 Å². The average Bonchev–Trinajstić information content (AvgIpc) is 3.94. The van der Waals surface area contributed by atoms with Gasteiger partial charge in [-0.05, 0) is 163 Å². The number of hydrogen-bond donors (Lipinski definition) is 0. The Bertz CT molecular complexity index is 4310. The highest BCUT2D eigenvalue weighted by Crippen LogP contribution is 2.59. The van der Waals surface area contributed by atoms with E-state index in [9.17, 15) is 0 Å². The van der Waals surface area contributed by atoms with Crippen LogP contribution in [0.25, 0.3) is 129 Å². The molecule has 0 amide bonds. The molecule has 1 aliphatic carbocycles. The molecule has 14 aromatic rings. The Morgan fingerprint density at radius 2 is 0.735 bits per heavy atom. The molecule has 0 N–H and O–H groups in total. The van der Waals surface area contributed by atoms with Crippen molar-refractivity contribution in [2.24, 2.45) is 0 Å². The topological polar surface area (TPSA) is 0 Å². The molecule has 1 aromatic heterocycles. The summed E-state index contributed by atoms with van der Waals surface area (Å²) in [6.07, 6.45) is 0. The molecule has 0 nitrogen and oxygen atoms in total. The third kappa shape index (κ3) is 5.46. The maximum absolute atomic E-state index is 2.59. The van der Waals surface area contributed by atoms with Crippen LogP contribution in [-0.2, 0) is 0 Å². The first-order valence-corrected chi connectivity index (χ1v) is 25.7. The van der Waals surface area contributed by atoms with Gasteiger partial charge in [0.15, 0.2) is 0 Å². The Hall–Kier alpha value is -7.93. The van der Waals surface area contributed by atoms with Gasteiger partial charge in [0, 0.05) is 20.2 Å². The van der Waals surface area contributed by atoms with Crippen molar-refractivity contribution in [3.05, 3.63) is 237 Å². The summed E-state index contributed by atoms with van der Waals surface area (Å²) < 4.78 is 2.65. The van der Waals surface area contributed by atoms with Crippen LogP contribution in [0.1, 0.15) is 0 Å². The lowest BCUT2D eigenvalue weighted by atomic mass is 9.82. The zero-order chi connectivity index (χ0) is 44.5. The molecule has 0 radical (unpaired) electrons. The second kappa shape index (κ2) is 14.8. The Labute approximate surface area is 398 Å². The zero-order valence-electron chi connectivity index (χ0n) is 36.9. The number of rotatable bonds is 5. The Kier molecular flexibility index (Phi) is 8.31. The van der Waals surface area contributed by atoms with E-state index >= 15 is 0 Å². The summed E-state index contributed by atoms with van der Waals surface area (Å²) in [5.41, 5.74) is 10.5. The van der Waals surface area contributed by atoms with Crippen molar-refractivity contribution in [3.63, 3.8) is 0 Å². The van der Waals surface area contributed by atoms with Crippen molar-refractivity contribution < 1.29 is 0 Å². The van der Waals surface area contributed by atoms with Crippen LogP contribution in [0.2, 0.25) is 0 Å². The van der Waals surface area contributed by atoms with Gasteiger partial charge in [-0.3, -0.25) is 0 Å². The second-order valence-electron chi connectivity index (χ2n) is 18.2. The Morgan fingerprint density at radius 1 is 0.265 bits per heavy atom. The van der Waals surface area contributed by atoms with Gasteiger partial charge in [0.25, 0.3) is 0 Å². The summed E-state index contributed by atoms with van der Waals surface area (Å²) >= 11 is 1.94. The first kappa shape index (κ1) is 38.2. The Balaban J connectivity index is 1.05. The van der Waals surface area contributed by atoms with E-state index < -0.39 is 7.92 Å². The summed E-state index contributed by atoms with van der Waals surface area (Å²) in [5.74, 6) is 0. The van der Waals surface area contributed by atoms with Gasteiger partial charge in [0.1, 0.15) is 0 Å². The molecule has 0 atom stereocenters. The van der Waals surface area contributed by atoms with Crippen LogP contribution < -0.4 is 15.9 Å². The molecule has 0 bridgehead atoms. The third-order valence-electron chi connectivity index (χ3n) is 14.7. The number of fused-ring (bicyclic) bond motifs is 14. The van der Waals surface area contributed by atoms with Crippen molar-refractivity contribution in [2.75, 3.05) is 0 Å². The first-order chi connectivity index (χ1) is 33.8. The number of benzene rings is 13. The molecule has 1 heterocycles. The number of thiophene rings is 1. The minimum atomic E-state index is -1.06. The molecule has 15 rings (SSSR count). The van der Waals surface area contributed by atoms with Crippen LogP contribution in [0.15, 0.2) is 237 Å². The van der Waals surface area contributed by atoms with Gasteiger partial charge in [0.05, 0.1) is 0 Å². The van der Waals surface area contributed by atoms with E-state index in [1.165, 1.54) is 145 Å². The molecule has 0 saturated heterocycles. The smallest absolute Gasteiger partial charge is 0.0368 e. The molecular weight excluding hydrogens is 856 g/mol. The van der Waals surface area contributed by atoms with E-state index in [1.54, 1.807) is 0 Å². The van der Waals surface area contributed by atoms with Crippen LogP contribution in [-0.4, -0.2) is 0 Å². The summed E-state index contributed by atoms with van der Waals surface area (Å²) in [4.78, 5) is 0. The van der Waals surface area contributed by atoms with Crippen molar-refractivity contribution in [1.29, 1.82) is 0 Å². The van der Waals surface area contributed by atoms with E-state index in [-0.39, 0.29) is 0 Å². The van der Waals surface area contributed by atoms with Crippen LogP contribution in [0, 0.1) is 0 Å². The lowest BCUT2D eigenvalue weighted by Gasteiger charge is -2.25. The van der Waals surface area contributed by atoms with Gasteiger partial charge in [-0.15, -0.1) is 11.3 Å². The van der Waals surface area contributed by atoms with Gasteiger partial charge >= 0.3 is 0 Å². The standard InChI is InChI=1S/C66H39PS/c1-3-18-40(19-4-1)61-51-30-15-16-31-52(51)62(41-20-5-2-6-21-41)66-56-39-60-64(53-32-17-33-54(63(53)56)65(61)66)55-38-44(34-35-59(55)68-60)67(57-36-42-22-7-9-24-45(42)47-26-11-13-28-49(47)57)58-37-43-23-8-10-25-46(43)48-27-12-14-29-50(48)58/h1-39H. The van der Waals surface area contributed by atoms with E-state index in [4.69, 9.17) is 0 Å². The van der Waals surface area contributed by atoms with Crippen molar-refractivity contribution in [2.45, 2.75) is 0 Å². The molecule has 314 valence electrons. The van der Waals surface area contributed by atoms with Crippen molar-refractivity contribution >= 4 is 120 Å². The Morgan fingerprint density at radius 3 is 1.31 bits per heavy atom. The fourth-order valence-electron chi connectivity index (χ4n) is 11.9. The summed E-state index contributed by atoms with van der Waals surface area (Å²) in [7, 11) is -1.06. The van der Waals surface area contributed by atoms with E-state index in [0.29, 0.717) is 0 Å². The first-order valence-electron chi connectivity index (χ1n) is 23.5. The molecule has 13 aromatic carbocycles. The lowest BCUT2D eigenvalue weighted by Crippen LogP contribution is -2.22. The van der Waals surface area contributed by atoms with E-state index in [0.717, 1.165) is 0 Å². The quantitative estimate of drug-likeness (QED) is 0.119. The highest BCUT2D eigenvalue weighted by atomic mass is 32.1. The zero-order valence-corrected chi connectivity index (χ0v) is 38.6. The summed E-state index contributed by atoms with van der Waals surface area (Å²) in [6, 6.07) is 89.4. The maximum Gasteiger partial charge on any atom is 0.0368 e. The molecule has 68 heavy (non-hydrogen) atoms. The molecule has 1 aliphatic rings. The molecule has 0 unspecified atom stereocenters. The van der Waals surface area contributed by atoms with Gasteiger partial charge in [-0.2, -0.15) is 0 Å². The predicted octanol–water partition coefficient (Wildman–Crippen LogP) is 17.7. The molecule has 0 fully saturated rings. The van der Waals surface area contributed by atoms with Gasteiger partial charge in [0.2, 0.25) is 0 Å². The average molecular weight is 895 g/mol. The highest BCUT2D eigenvalue weighted by Gasteiger charge is 2.32. The van der Waals surface area contributed by atoms with Crippen molar-refractivity contribution in [3.8, 4) is 44.5 Å². The predicted molar refractivity (Wildman–Crippen MR) is 298 cm³/mol. The molecule has 0 saturated carbocycles. The van der Waals surface area contributed by atoms with Gasteiger partial charge in [-0.25, -0.2) is 0 Å². The molecule has 0 aliphatic heterocycles. The summed E-state index contributed by atoms with van der Waals surface area (Å²) in [6.45, 7) is 0. The fraction of sp³-hybridized carbons (Fsp3) is 0. The molecule has 2 heteroatoms. The van der Waals surface area contributed by atoms with Crippen molar-refractivity contribution in [1.82, 2.24) is 0 Å². The van der Waals surface area contributed by atoms with Crippen LogP contribution in [0.3, 0.4) is 0 Å². The monoisotopic (exact) mass is 894 g/mol. The van der Waals surface area contributed by atoms with Crippen LogP contribution in [0.5, 0.6) is 0 Å². The SMILES string of the molecule is c1ccc(-c2c3c(c(-c4ccccc4)c4ccccc24)-c2cc4sc5ccc(P(c6cc7ccccc7c7ccccc67)c6cc7ccccc7c7ccccc67)cc5c4c4cccc-3c24)cc1. The molecular formula is C66H39PS. The van der Waals surface area contributed by atoms with Gasteiger partial charge < -0.3 is 0 Å². The van der Waals surface area contributed by atoms with Crippen LogP contribution >= 0.6 is 19.3 Å². The maximum atomic E-state index is 2.59. The fourth-order valence-corrected chi connectivity index (χ4v) is 15.8.